The lowest BCUT2D eigenvalue weighted by Crippen LogP contribution is -2.30. The van der Waals surface area contributed by atoms with Crippen LogP contribution in [-0.2, 0) is 9.59 Å². The maximum absolute atomic E-state index is 12.0. The van der Waals surface area contributed by atoms with Crippen LogP contribution < -0.4 is 0 Å². The number of carboxylic acids is 2. The van der Waals surface area contributed by atoms with E-state index in [9.17, 15) is 14.7 Å². The lowest BCUT2D eigenvalue weighted by Gasteiger charge is -2.33. The van der Waals surface area contributed by atoms with Gasteiger partial charge >= 0.3 is 11.9 Å². The molecule has 0 saturated heterocycles. The van der Waals surface area contributed by atoms with Crippen LogP contribution in [0.4, 0.5) is 0 Å². The summed E-state index contributed by atoms with van der Waals surface area (Å²) >= 11 is 0. The first-order valence-electron chi connectivity index (χ1n) is 13.6. The predicted molar refractivity (Wildman–Crippen MR) is 135 cm³/mol. The largest absolute Gasteiger partial charge is 0.481 e. The molecule has 0 amide bonds. The molecule has 4 heteroatoms. The van der Waals surface area contributed by atoms with Crippen LogP contribution in [0.5, 0.6) is 0 Å². The molecular formula is C28H54O4. The molecule has 0 aliphatic rings. The second-order valence-electron chi connectivity index (χ2n) is 10.8. The first-order valence-corrected chi connectivity index (χ1v) is 13.6. The van der Waals surface area contributed by atoms with Crippen molar-refractivity contribution in [3.63, 3.8) is 0 Å². The molecule has 0 bridgehead atoms. The van der Waals surface area contributed by atoms with Crippen LogP contribution in [0.3, 0.4) is 0 Å². The fourth-order valence-electron chi connectivity index (χ4n) is 4.99. The lowest BCUT2D eigenvalue weighted by molar-refractivity contribution is -0.145. The molecule has 190 valence electrons. The number of carbonyl (C=O) groups is 2. The molecule has 0 aromatic carbocycles. The van der Waals surface area contributed by atoms with Crippen molar-refractivity contribution in [3.05, 3.63) is 0 Å². The Hall–Kier alpha value is -1.06. The van der Waals surface area contributed by atoms with Crippen molar-refractivity contribution in [3.8, 4) is 0 Å². The van der Waals surface area contributed by atoms with Crippen molar-refractivity contribution in [1.29, 1.82) is 0 Å². The Kier molecular flexibility index (Phi) is 18.8. The molecule has 0 fully saturated rings. The minimum Gasteiger partial charge on any atom is -0.481 e. The number of hydrogen-bond acceptors (Lipinski definition) is 2. The van der Waals surface area contributed by atoms with Gasteiger partial charge in [-0.15, -0.1) is 0 Å². The van der Waals surface area contributed by atoms with E-state index in [4.69, 9.17) is 5.11 Å². The van der Waals surface area contributed by atoms with E-state index in [1.807, 2.05) is 6.92 Å². The van der Waals surface area contributed by atoms with E-state index in [1.165, 1.54) is 57.8 Å². The summed E-state index contributed by atoms with van der Waals surface area (Å²) in [5.74, 6) is 0.654. The molecule has 32 heavy (non-hydrogen) atoms. The van der Waals surface area contributed by atoms with Crippen LogP contribution >= 0.6 is 0 Å². The Morgan fingerprint density at radius 3 is 1.53 bits per heavy atom. The minimum absolute atomic E-state index is 0.202. The van der Waals surface area contributed by atoms with E-state index in [2.05, 4.69) is 27.7 Å². The average Bonchev–Trinajstić information content (AvgIpc) is 2.70. The second-order valence-corrected chi connectivity index (χ2v) is 10.8. The zero-order valence-electron chi connectivity index (χ0n) is 21.9. The number of carboxylic acid groups (broad SMARTS) is 2. The second kappa shape index (κ2) is 19.4. The van der Waals surface area contributed by atoms with Gasteiger partial charge in [0.2, 0.25) is 0 Å². The summed E-state index contributed by atoms with van der Waals surface area (Å²) in [7, 11) is 0. The molecular weight excluding hydrogens is 400 g/mol. The Morgan fingerprint density at radius 2 is 1.09 bits per heavy atom. The van der Waals surface area contributed by atoms with Crippen LogP contribution in [0.2, 0.25) is 0 Å². The van der Waals surface area contributed by atoms with Gasteiger partial charge in [0.1, 0.15) is 0 Å². The van der Waals surface area contributed by atoms with Crippen molar-refractivity contribution in [2.24, 2.45) is 29.6 Å². The summed E-state index contributed by atoms with van der Waals surface area (Å²) < 4.78 is 0. The van der Waals surface area contributed by atoms with Crippen LogP contribution in [0.25, 0.3) is 0 Å². The molecule has 0 aliphatic carbocycles. The molecule has 0 aromatic heterocycles. The first kappa shape index (κ1) is 30.9. The van der Waals surface area contributed by atoms with Crippen LogP contribution in [0.15, 0.2) is 0 Å². The minimum atomic E-state index is -0.684. The van der Waals surface area contributed by atoms with E-state index in [1.54, 1.807) is 0 Å². The summed E-state index contributed by atoms with van der Waals surface area (Å²) in [5.41, 5.74) is 0. The predicted octanol–water partition coefficient (Wildman–Crippen LogP) is 8.58. The van der Waals surface area contributed by atoms with Gasteiger partial charge in [0.15, 0.2) is 0 Å². The van der Waals surface area contributed by atoms with Gasteiger partial charge in [-0.2, -0.15) is 0 Å². The topological polar surface area (TPSA) is 74.6 Å². The van der Waals surface area contributed by atoms with Crippen molar-refractivity contribution in [1.82, 2.24) is 0 Å². The van der Waals surface area contributed by atoms with Gasteiger partial charge in [-0.1, -0.05) is 105 Å². The fraction of sp³-hybridized carbons (Fsp3) is 0.929. The normalized spacial score (nSPS) is 14.6. The fourth-order valence-corrected chi connectivity index (χ4v) is 4.99. The SMILES string of the molecule is CCC(C(=O)O)C(CCC(C)C)C(CCCCCCCCCCCC(=O)O)CCC(C)C. The van der Waals surface area contributed by atoms with Gasteiger partial charge in [-0.3, -0.25) is 9.59 Å². The van der Waals surface area contributed by atoms with Crippen LogP contribution in [0, 0.1) is 29.6 Å². The molecule has 0 aromatic rings. The molecule has 3 atom stereocenters. The van der Waals surface area contributed by atoms with Crippen LogP contribution in [0.1, 0.15) is 137 Å². The molecule has 0 aliphatic heterocycles. The zero-order chi connectivity index (χ0) is 24.4. The van der Waals surface area contributed by atoms with Gasteiger partial charge < -0.3 is 10.2 Å². The highest BCUT2D eigenvalue weighted by atomic mass is 16.4. The lowest BCUT2D eigenvalue weighted by atomic mass is 9.72. The Bertz CT molecular complexity index is 472. The zero-order valence-corrected chi connectivity index (χ0v) is 21.9. The highest BCUT2D eigenvalue weighted by Crippen LogP contribution is 2.37. The van der Waals surface area contributed by atoms with E-state index >= 15 is 0 Å². The number of aliphatic carboxylic acids is 2. The third kappa shape index (κ3) is 16.6. The quantitative estimate of drug-likeness (QED) is 0.161. The Balaban J connectivity index is 4.50. The van der Waals surface area contributed by atoms with Gasteiger partial charge in [0, 0.05) is 6.42 Å². The molecule has 2 N–H and O–H groups in total. The highest BCUT2D eigenvalue weighted by Gasteiger charge is 2.32. The maximum atomic E-state index is 12.0. The molecule has 0 rings (SSSR count). The van der Waals surface area contributed by atoms with Crippen molar-refractivity contribution >= 4 is 11.9 Å². The number of hydrogen-bond donors (Lipinski definition) is 2. The van der Waals surface area contributed by atoms with Gasteiger partial charge in [-0.25, -0.2) is 0 Å². The molecule has 0 heterocycles. The Morgan fingerprint density at radius 1 is 0.625 bits per heavy atom. The molecule has 0 spiro atoms. The smallest absolute Gasteiger partial charge is 0.306 e. The summed E-state index contributed by atoms with van der Waals surface area (Å²) in [5, 5.41) is 18.5. The van der Waals surface area contributed by atoms with Crippen molar-refractivity contribution < 1.29 is 19.8 Å². The molecule has 0 saturated carbocycles. The van der Waals surface area contributed by atoms with E-state index < -0.39 is 11.9 Å². The van der Waals surface area contributed by atoms with Gasteiger partial charge in [0.25, 0.3) is 0 Å². The summed E-state index contributed by atoms with van der Waals surface area (Å²) in [4.78, 5) is 22.5. The standard InChI is InChI=1S/C28H54O4/c1-6-25(28(31)32)26(21-19-23(4)5)24(20-18-22(2)3)16-14-12-10-8-7-9-11-13-15-17-27(29)30/h22-26H,6-21H2,1-5H3,(H,29,30)(H,31,32). The van der Waals surface area contributed by atoms with Gasteiger partial charge in [-0.05, 0) is 49.4 Å². The molecule has 0 radical (unpaired) electrons. The summed E-state index contributed by atoms with van der Waals surface area (Å²) in [6, 6.07) is 0. The maximum Gasteiger partial charge on any atom is 0.306 e. The average molecular weight is 455 g/mol. The number of unbranched alkanes of at least 4 members (excludes halogenated alkanes) is 8. The first-order chi connectivity index (χ1) is 15.2. The summed E-state index contributed by atoms with van der Waals surface area (Å²) in [6.45, 7) is 11.1. The van der Waals surface area contributed by atoms with Crippen LogP contribution in [-0.4, -0.2) is 22.2 Å². The third-order valence-corrected chi connectivity index (χ3v) is 7.04. The summed E-state index contributed by atoms with van der Waals surface area (Å²) in [6.07, 6.45) is 17.2. The Labute approximate surface area is 199 Å². The van der Waals surface area contributed by atoms with E-state index in [-0.39, 0.29) is 5.92 Å². The highest BCUT2D eigenvalue weighted by molar-refractivity contribution is 5.70. The van der Waals surface area contributed by atoms with E-state index in [0.717, 1.165) is 38.5 Å². The molecule has 4 nitrogen and oxygen atoms in total. The van der Waals surface area contributed by atoms with Gasteiger partial charge in [0.05, 0.1) is 5.92 Å². The number of rotatable bonds is 22. The third-order valence-electron chi connectivity index (χ3n) is 7.04. The van der Waals surface area contributed by atoms with E-state index in [0.29, 0.717) is 30.1 Å². The van der Waals surface area contributed by atoms with Crippen molar-refractivity contribution in [2.75, 3.05) is 0 Å². The van der Waals surface area contributed by atoms with Crippen molar-refractivity contribution in [2.45, 2.75) is 137 Å². The monoisotopic (exact) mass is 454 g/mol. The molecule has 3 unspecified atom stereocenters.